The van der Waals surface area contributed by atoms with Crippen LogP contribution in [0.25, 0.3) is 0 Å². The average molecular weight is 296 g/mol. The third-order valence-electron chi connectivity index (χ3n) is 3.52. The van der Waals surface area contributed by atoms with Crippen molar-refractivity contribution in [2.45, 2.75) is 30.6 Å². The van der Waals surface area contributed by atoms with Crippen molar-refractivity contribution in [2.24, 2.45) is 5.73 Å². The number of urea groups is 1. The Hall–Kier alpha value is -2.01. The normalized spacial score (nSPS) is 36.0. The summed E-state index contributed by atoms with van der Waals surface area (Å²) in [6, 6.07) is -0.494. The van der Waals surface area contributed by atoms with Crippen LogP contribution in [0.1, 0.15) is 6.42 Å². The molecule has 2 aliphatic heterocycles. The molecule has 10 nitrogen and oxygen atoms in total. The second-order valence-electron chi connectivity index (χ2n) is 4.93. The Kier molecular flexibility index (Phi) is 3.37. The number of aliphatic hydroxyl groups is 2. The van der Waals surface area contributed by atoms with E-state index < -0.39 is 30.3 Å². The first-order valence-corrected chi connectivity index (χ1v) is 6.42. The maximum atomic E-state index is 12.2. The van der Waals surface area contributed by atoms with Gasteiger partial charge in [-0.3, -0.25) is 16.0 Å². The molecule has 0 saturated carbocycles. The predicted molar refractivity (Wildman–Crippen MR) is 68.1 cm³/mol. The number of amides is 2. The molecular weight excluding hydrogens is 280 g/mol. The number of carbonyl (C=O) groups excluding carboxylic acids is 1. The van der Waals surface area contributed by atoms with Crippen molar-refractivity contribution in [1.29, 1.82) is 0 Å². The van der Waals surface area contributed by atoms with Crippen molar-refractivity contribution < 1.29 is 19.7 Å². The van der Waals surface area contributed by atoms with E-state index in [-0.39, 0.29) is 13.0 Å². The molecule has 114 valence electrons. The zero-order valence-electron chi connectivity index (χ0n) is 11.0. The van der Waals surface area contributed by atoms with E-state index in [2.05, 4.69) is 15.4 Å². The summed E-state index contributed by atoms with van der Waals surface area (Å²) in [5.41, 5.74) is 6.04. The molecular formula is C11H16N6O4. The van der Waals surface area contributed by atoms with Gasteiger partial charge in [-0.15, -0.1) is 0 Å². The molecule has 0 aliphatic carbocycles. The van der Waals surface area contributed by atoms with Crippen molar-refractivity contribution in [1.82, 2.24) is 25.0 Å². The zero-order chi connectivity index (χ0) is 15.0. The highest BCUT2D eigenvalue weighted by Gasteiger charge is 2.41. The highest BCUT2D eigenvalue weighted by atomic mass is 16.5. The van der Waals surface area contributed by atoms with Gasteiger partial charge >= 0.3 is 6.03 Å². The molecule has 1 saturated heterocycles. The molecule has 10 heteroatoms. The highest BCUT2D eigenvalue weighted by molar-refractivity contribution is 5.77. The van der Waals surface area contributed by atoms with Crippen LogP contribution in [0.2, 0.25) is 0 Å². The SMILES string of the molecule is NC1(n2cncn2)C=CN([C@H]2C[C@H](O)[C@@H](CO)O2)C(=O)N1. The lowest BCUT2D eigenvalue weighted by atomic mass is 10.2. The topological polar surface area (TPSA) is 139 Å². The van der Waals surface area contributed by atoms with Crippen LogP contribution in [-0.2, 0) is 10.5 Å². The summed E-state index contributed by atoms with van der Waals surface area (Å²) >= 11 is 0. The molecule has 1 aromatic heterocycles. The summed E-state index contributed by atoms with van der Waals surface area (Å²) in [7, 11) is 0. The zero-order valence-corrected chi connectivity index (χ0v) is 11.0. The first kappa shape index (κ1) is 13.9. The van der Waals surface area contributed by atoms with Gasteiger partial charge in [-0.2, -0.15) is 5.10 Å². The third kappa shape index (κ3) is 2.38. The van der Waals surface area contributed by atoms with E-state index >= 15 is 0 Å². The number of hydrogen-bond donors (Lipinski definition) is 4. The Morgan fingerprint density at radius 3 is 3.00 bits per heavy atom. The van der Waals surface area contributed by atoms with Crippen LogP contribution >= 0.6 is 0 Å². The predicted octanol–water partition coefficient (Wildman–Crippen LogP) is -2.15. The monoisotopic (exact) mass is 296 g/mol. The standard InChI is InChI=1S/C11H16N6O4/c12-11(17-6-13-5-14-17)1-2-16(10(20)15-11)9-3-7(19)8(4-18)21-9/h1-2,5-9,18-19H,3-4,12H2,(H,15,20)/t7-,8+,9+,11?/m0/s1. The van der Waals surface area contributed by atoms with E-state index in [4.69, 9.17) is 15.6 Å². The van der Waals surface area contributed by atoms with Crippen LogP contribution in [0.15, 0.2) is 24.9 Å². The Balaban J connectivity index is 1.77. The van der Waals surface area contributed by atoms with Crippen LogP contribution in [0.5, 0.6) is 0 Å². The first-order chi connectivity index (χ1) is 10.0. The van der Waals surface area contributed by atoms with Gasteiger partial charge in [-0.1, -0.05) is 0 Å². The summed E-state index contributed by atoms with van der Waals surface area (Å²) < 4.78 is 6.74. The largest absolute Gasteiger partial charge is 0.394 e. The van der Waals surface area contributed by atoms with Crippen LogP contribution in [0.4, 0.5) is 4.79 Å². The summed E-state index contributed by atoms with van der Waals surface area (Å²) in [6.45, 7) is -0.309. The molecule has 0 spiro atoms. The minimum Gasteiger partial charge on any atom is -0.394 e. The summed E-state index contributed by atoms with van der Waals surface area (Å²) in [6.07, 6.45) is 3.74. The van der Waals surface area contributed by atoms with Gasteiger partial charge in [0.05, 0.1) is 12.7 Å². The lowest BCUT2D eigenvalue weighted by Gasteiger charge is -2.36. The smallest absolute Gasteiger partial charge is 0.326 e. The van der Waals surface area contributed by atoms with Gasteiger partial charge in [-0.25, -0.2) is 14.5 Å². The minimum atomic E-state index is -1.31. The number of carbonyl (C=O) groups is 1. The van der Waals surface area contributed by atoms with Crippen LogP contribution in [-0.4, -0.2) is 61.0 Å². The lowest BCUT2D eigenvalue weighted by molar-refractivity contribution is -0.0556. The molecule has 21 heavy (non-hydrogen) atoms. The maximum Gasteiger partial charge on any atom is 0.326 e. The third-order valence-corrected chi connectivity index (χ3v) is 3.52. The van der Waals surface area contributed by atoms with Gasteiger partial charge in [-0.05, 0) is 6.08 Å². The van der Waals surface area contributed by atoms with Gasteiger partial charge < -0.3 is 14.9 Å². The summed E-state index contributed by atoms with van der Waals surface area (Å²) in [5.74, 6) is -1.31. The van der Waals surface area contributed by atoms with E-state index in [1.54, 1.807) is 0 Å². The fraction of sp³-hybridized carbons (Fsp3) is 0.545. The average Bonchev–Trinajstić information content (AvgIpc) is 3.08. The van der Waals surface area contributed by atoms with E-state index in [1.807, 2.05) is 0 Å². The molecule has 5 N–H and O–H groups in total. The second-order valence-corrected chi connectivity index (χ2v) is 4.93. The van der Waals surface area contributed by atoms with Crippen molar-refractivity contribution in [3.63, 3.8) is 0 Å². The van der Waals surface area contributed by atoms with Crippen LogP contribution < -0.4 is 11.1 Å². The second kappa shape index (κ2) is 5.07. The minimum absolute atomic E-state index is 0.212. The Morgan fingerprint density at radius 1 is 1.62 bits per heavy atom. The van der Waals surface area contributed by atoms with E-state index in [0.29, 0.717) is 0 Å². The molecule has 3 heterocycles. The molecule has 2 amide bonds. The Bertz CT molecular complexity index is 549. The summed E-state index contributed by atoms with van der Waals surface area (Å²) in [4.78, 5) is 17.3. The van der Waals surface area contributed by atoms with Crippen molar-refractivity contribution in [3.8, 4) is 0 Å². The van der Waals surface area contributed by atoms with Gasteiger partial charge in [0.25, 0.3) is 0 Å². The number of nitrogens with two attached hydrogens (primary N) is 1. The lowest BCUT2D eigenvalue weighted by Crippen LogP contribution is -2.62. The molecule has 0 aromatic carbocycles. The van der Waals surface area contributed by atoms with Crippen molar-refractivity contribution >= 4 is 6.03 Å². The number of hydrogen-bond acceptors (Lipinski definition) is 7. The molecule has 3 rings (SSSR count). The molecule has 0 bridgehead atoms. The first-order valence-electron chi connectivity index (χ1n) is 6.42. The number of nitrogens with zero attached hydrogens (tertiary/aromatic N) is 4. The number of aromatic nitrogens is 3. The van der Waals surface area contributed by atoms with Crippen LogP contribution in [0, 0.1) is 0 Å². The van der Waals surface area contributed by atoms with E-state index in [1.165, 1.54) is 34.5 Å². The maximum absolute atomic E-state index is 12.2. The number of ether oxygens (including phenoxy) is 1. The molecule has 1 fully saturated rings. The number of aliphatic hydroxyl groups excluding tert-OH is 2. The van der Waals surface area contributed by atoms with Crippen molar-refractivity contribution in [2.75, 3.05) is 6.61 Å². The van der Waals surface area contributed by atoms with E-state index in [0.717, 1.165) is 0 Å². The van der Waals surface area contributed by atoms with Gasteiger partial charge in [0, 0.05) is 12.6 Å². The van der Waals surface area contributed by atoms with Gasteiger partial charge in [0.1, 0.15) is 25.0 Å². The quantitative estimate of drug-likeness (QED) is 0.499. The van der Waals surface area contributed by atoms with Gasteiger partial charge in [0.15, 0.2) is 0 Å². The van der Waals surface area contributed by atoms with Gasteiger partial charge in [0.2, 0.25) is 5.79 Å². The van der Waals surface area contributed by atoms with E-state index in [9.17, 15) is 9.90 Å². The fourth-order valence-electron chi connectivity index (χ4n) is 2.35. The summed E-state index contributed by atoms with van der Waals surface area (Å²) in [5, 5.41) is 25.3. The molecule has 1 aromatic rings. The molecule has 4 atom stereocenters. The molecule has 2 aliphatic rings. The fourth-order valence-corrected chi connectivity index (χ4v) is 2.35. The number of nitrogens with one attached hydrogen (secondary N) is 1. The Morgan fingerprint density at radius 2 is 2.43 bits per heavy atom. The number of rotatable bonds is 3. The molecule has 1 unspecified atom stereocenters. The Labute approximate surface area is 119 Å². The molecule has 0 radical (unpaired) electrons. The van der Waals surface area contributed by atoms with Crippen LogP contribution in [0.3, 0.4) is 0 Å². The highest BCUT2D eigenvalue weighted by Crippen LogP contribution is 2.26. The van der Waals surface area contributed by atoms with Crippen molar-refractivity contribution in [3.05, 3.63) is 24.9 Å².